The summed E-state index contributed by atoms with van der Waals surface area (Å²) in [6.45, 7) is 1.16. The third-order valence-corrected chi connectivity index (χ3v) is 8.53. The van der Waals surface area contributed by atoms with Crippen molar-refractivity contribution in [3.63, 3.8) is 0 Å². The normalized spacial score (nSPS) is 16.6. The van der Waals surface area contributed by atoms with Crippen molar-refractivity contribution in [1.29, 1.82) is 0 Å². The van der Waals surface area contributed by atoms with Crippen molar-refractivity contribution in [3.8, 4) is 11.3 Å². The van der Waals surface area contributed by atoms with Gasteiger partial charge in [-0.05, 0) is 36.6 Å². The van der Waals surface area contributed by atoms with E-state index in [1.54, 1.807) is 24.5 Å². The number of benzene rings is 2. The van der Waals surface area contributed by atoms with E-state index in [0.717, 1.165) is 29.5 Å². The first kappa shape index (κ1) is 37.6. The Kier molecular flexibility index (Phi) is 14.0. The molecule has 6 N–H and O–H groups in total. The molecule has 3 aromatic rings. The number of aliphatic hydroxyl groups excluding tert-OH is 1. The number of aliphatic imine (C=N–C) groups is 1. The third-order valence-electron chi connectivity index (χ3n) is 7.54. The SMILES string of the molecule is COC(=O)N[C@@](C)(NC(=O)OC[C@@H]1C=NCS1)C(=O)ON[C@@H](Cc1ccccc1)[C@@H](O)C[C@H](Cc1ccc(-c2ccccn2)cc1)OC(N)=O. The molecule has 0 bridgehead atoms. The zero-order valence-corrected chi connectivity index (χ0v) is 28.3. The van der Waals surface area contributed by atoms with Gasteiger partial charge in [0.05, 0.1) is 36.1 Å². The molecule has 15 nitrogen and oxygen atoms in total. The van der Waals surface area contributed by atoms with Crippen LogP contribution < -0.4 is 21.8 Å². The third kappa shape index (κ3) is 11.7. The van der Waals surface area contributed by atoms with Crippen molar-refractivity contribution in [2.75, 3.05) is 19.6 Å². The molecule has 50 heavy (non-hydrogen) atoms. The summed E-state index contributed by atoms with van der Waals surface area (Å²) in [4.78, 5) is 63.8. The fourth-order valence-corrected chi connectivity index (χ4v) is 5.65. The van der Waals surface area contributed by atoms with Gasteiger partial charge in [0.25, 0.3) is 0 Å². The number of carbonyl (C=O) groups excluding carboxylic acids is 4. The second-order valence-electron chi connectivity index (χ2n) is 11.4. The molecule has 0 spiro atoms. The van der Waals surface area contributed by atoms with Crippen LogP contribution in [0.3, 0.4) is 0 Å². The van der Waals surface area contributed by atoms with Gasteiger partial charge < -0.3 is 29.9 Å². The van der Waals surface area contributed by atoms with E-state index in [9.17, 15) is 24.3 Å². The number of aliphatic hydroxyl groups is 1. The molecule has 4 rings (SSSR count). The van der Waals surface area contributed by atoms with Crippen molar-refractivity contribution in [1.82, 2.24) is 21.1 Å². The number of nitrogens with two attached hydrogens (primary N) is 1. The van der Waals surface area contributed by atoms with Gasteiger partial charge in [-0.25, -0.2) is 19.2 Å². The number of hydrogen-bond donors (Lipinski definition) is 5. The monoisotopic (exact) mass is 708 g/mol. The summed E-state index contributed by atoms with van der Waals surface area (Å²) >= 11 is 1.47. The van der Waals surface area contributed by atoms with Gasteiger partial charge in [0.15, 0.2) is 0 Å². The van der Waals surface area contributed by atoms with Crippen molar-refractivity contribution < 1.29 is 43.3 Å². The molecule has 1 aromatic heterocycles. The van der Waals surface area contributed by atoms with Gasteiger partial charge in [0, 0.05) is 30.8 Å². The van der Waals surface area contributed by atoms with E-state index in [1.165, 1.54) is 18.7 Å². The number of amides is 3. The second kappa shape index (κ2) is 18.5. The maximum absolute atomic E-state index is 13.4. The summed E-state index contributed by atoms with van der Waals surface area (Å²) in [7, 11) is 1.08. The molecular formula is C34H40N6O9S. The molecule has 1 aliphatic heterocycles. The number of primary amides is 1. The summed E-state index contributed by atoms with van der Waals surface area (Å²) in [5, 5.41) is 15.9. The van der Waals surface area contributed by atoms with Crippen LogP contribution in [0.5, 0.6) is 0 Å². The van der Waals surface area contributed by atoms with E-state index >= 15 is 0 Å². The molecule has 0 fully saturated rings. The highest BCUT2D eigenvalue weighted by Gasteiger charge is 2.41. The maximum Gasteiger partial charge on any atom is 0.409 e. The lowest BCUT2D eigenvalue weighted by Gasteiger charge is -2.31. The summed E-state index contributed by atoms with van der Waals surface area (Å²) in [5.74, 6) is -0.611. The average Bonchev–Trinajstić information content (AvgIpc) is 3.63. The van der Waals surface area contributed by atoms with E-state index in [-0.39, 0.29) is 31.1 Å². The van der Waals surface area contributed by atoms with Crippen LogP contribution in [0.2, 0.25) is 0 Å². The highest BCUT2D eigenvalue weighted by molar-refractivity contribution is 8.00. The average molecular weight is 709 g/mol. The molecule has 2 heterocycles. The van der Waals surface area contributed by atoms with Crippen molar-refractivity contribution >= 4 is 42.2 Å². The van der Waals surface area contributed by atoms with Crippen molar-refractivity contribution in [2.24, 2.45) is 10.7 Å². The summed E-state index contributed by atoms with van der Waals surface area (Å²) in [6.07, 6.45) is -1.55. The lowest BCUT2D eigenvalue weighted by Crippen LogP contribution is -2.65. The number of methoxy groups -OCH3 is 1. The van der Waals surface area contributed by atoms with Crippen LogP contribution in [0, 0.1) is 0 Å². The molecule has 5 atom stereocenters. The molecule has 2 aromatic carbocycles. The Morgan fingerprint density at radius 2 is 1.68 bits per heavy atom. The lowest BCUT2D eigenvalue weighted by atomic mass is 9.95. The van der Waals surface area contributed by atoms with Crippen LogP contribution in [0.4, 0.5) is 14.4 Å². The number of aromatic nitrogens is 1. The van der Waals surface area contributed by atoms with Gasteiger partial charge in [-0.1, -0.05) is 60.7 Å². The van der Waals surface area contributed by atoms with Crippen LogP contribution in [-0.2, 0) is 36.7 Å². The van der Waals surface area contributed by atoms with Crippen LogP contribution >= 0.6 is 11.8 Å². The Bertz CT molecular complexity index is 1600. The Morgan fingerprint density at radius 3 is 2.32 bits per heavy atom. The number of nitrogens with one attached hydrogen (secondary N) is 3. The fraction of sp³-hybridized carbons (Fsp3) is 0.353. The number of nitrogens with zero attached hydrogens (tertiary/aromatic N) is 2. The summed E-state index contributed by atoms with van der Waals surface area (Å²) in [6, 6.07) is 21.2. The lowest BCUT2D eigenvalue weighted by molar-refractivity contribution is -0.163. The highest BCUT2D eigenvalue weighted by Crippen LogP contribution is 2.21. The van der Waals surface area contributed by atoms with Gasteiger partial charge in [-0.15, -0.1) is 17.2 Å². The van der Waals surface area contributed by atoms with Crippen LogP contribution in [0.25, 0.3) is 11.3 Å². The first-order valence-electron chi connectivity index (χ1n) is 15.6. The van der Waals surface area contributed by atoms with Gasteiger partial charge in [-0.2, -0.15) is 0 Å². The zero-order valence-electron chi connectivity index (χ0n) is 27.5. The largest absolute Gasteiger partial charge is 0.453 e. The quantitative estimate of drug-likeness (QED) is 0.0825. The first-order valence-corrected chi connectivity index (χ1v) is 16.7. The number of thioether (sulfide) groups is 1. The van der Waals surface area contributed by atoms with Crippen molar-refractivity contribution in [2.45, 2.75) is 55.3 Å². The predicted molar refractivity (Wildman–Crippen MR) is 185 cm³/mol. The van der Waals surface area contributed by atoms with Gasteiger partial charge in [-0.3, -0.25) is 20.6 Å². The smallest absolute Gasteiger partial charge is 0.409 e. The highest BCUT2D eigenvalue weighted by atomic mass is 32.2. The number of alkyl carbamates (subject to hydrolysis) is 2. The number of pyridine rings is 1. The molecule has 3 amide bonds. The van der Waals surface area contributed by atoms with E-state index in [4.69, 9.17) is 20.0 Å². The van der Waals surface area contributed by atoms with Gasteiger partial charge in [0.1, 0.15) is 12.7 Å². The molecule has 266 valence electrons. The molecule has 0 radical (unpaired) electrons. The summed E-state index contributed by atoms with van der Waals surface area (Å²) in [5.41, 5.74) is 9.09. The Morgan fingerprint density at radius 1 is 0.980 bits per heavy atom. The van der Waals surface area contributed by atoms with Gasteiger partial charge >= 0.3 is 24.2 Å². The first-order chi connectivity index (χ1) is 24.0. The van der Waals surface area contributed by atoms with E-state index < -0.39 is 48.2 Å². The van der Waals surface area contributed by atoms with Gasteiger partial charge in [0.2, 0.25) is 5.66 Å². The number of hydroxylamine groups is 1. The topological polar surface area (TPSA) is 213 Å². The molecule has 1 aliphatic rings. The molecule has 0 saturated heterocycles. The Hall–Kier alpha value is -5.19. The van der Waals surface area contributed by atoms with Crippen LogP contribution in [0.15, 0.2) is 84.0 Å². The molecule has 0 aliphatic carbocycles. The van der Waals surface area contributed by atoms with E-state index in [2.05, 4.69) is 30.8 Å². The van der Waals surface area contributed by atoms with Crippen LogP contribution in [-0.4, -0.2) is 89.3 Å². The molecular weight excluding hydrogens is 668 g/mol. The van der Waals surface area contributed by atoms with E-state index in [0.29, 0.717) is 5.88 Å². The van der Waals surface area contributed by atoms with E-state index in [1.807, 2.05) is 60.7 Å². The Balaban J connectivity index is 1.46. The number of ether oxygens (including phenoxy) is 3. The van der Waals surface area contributed by atoms with Crippen molar-refractivity contribution in [3.05, 3.63) is 90.1 Å². The standard InChI is InChI=1S/C34H40N6O9S/c1-34(38-32(44)46-2,39-33(45)47-20-26-19-36-21-50-26)30(42)49-40-28(17-22-8-4-3-5-9-22)29(41)18-25(48-31(35)43)16-23-11-13-24(14-12-23)27-10-6-7-15-37-27/h3-15,19,25-26,28-29,40-41H,16-18,20-21H2,1-2H3,(H2,35,43)(H,38,44)(H,39,45)/t25-,26-,28-,29-,34-/m0/s1. The minimum Gasteiger partial charge on any atom is -0.453 e. The predicted octanol–water partition coefficient (Wildman–Crippen LogP) is 3.11. The summed E-state index contributed by atoms with van der Waals surface area (Å²) < 4.78 is 15.2. The van der Waals surface area contributed by atoms with Crippen LogP contribution in [0.1, 0.15) is 24.5 Å². The number of rotatable bonds is 16. The fourth-order valence-electron chi connectivity index (χ4n) is 4.95. The molecule has 0 unspecified atom stereocenters. The second-order valence-corrected chi connectivity index (χ2v) is 12.6. The minimum absolute atomic E-state index is 0.0180. The Labute approximate surface area is 293 Å². The molecule has 16 heteroatoms. The number of hydrogen-bond acceptors (Lipinski definition) is 13. The minimum atomic E-state index is -2.16. The molecule has 0 saturated carbocycles. The maximum atomic E-state index is 13.4. The zero-order chi connectivity index (χ0) is 35.9. The number of carbonyl (C=O) groups is 4.